The Morgan fingerprint density at radius 1 is 1.13 bits per heavy atom. The highest BCUT2D eigenvalue weighted by molar-refractivity contribution is 9.10. The molecule has 8 nitrogen and oxygen atoms in total. The van der Waals surface area contributed by atoms with E-state index in [9.17, 15) is 9.59 Å². The maximum Gasteiger partial charge on any atom is 0.263 e. The molecular formula is C22H14BrN5O3. The number of carbonyl (C=O) groups excluding carboxylic acids is 1. The molecule has 0 aliphatic heterocycles. The van der Waals surface area contributed by atoms with Crippen molar-refractivity contribution in [1.29, 1.82) is 5.26 Å². The van der Waals surface area contributed by atoms with Gasteiger partial charge in [0.05, 0.1) is 11.6 Å². The number of anilines is 1. The van der Waals surface area contributed by atoms with E-state index < -0.39 is 5.56 Å². The predicted molar refractivity (Wildman–Crippen MR) is 117 cm³/mol. The van der Waals surface area contributed by atoms with Crippen LogP contribution in [0.1, 0.15) is 5.56 Å². The van der Waals surface area contributed by atoms with Gasteiger partial charge in [-0.15, -0.1) is 0 Å². The summed E-state index contributed by atoms with van der Waals surface area (Å²) in [5, 5.41) is 15.5. The van der Waals surface area contributed by atoms with Gasteiger partial charge < -0.3 is 14.4 Å². The molecule has 2 heterocycles. The van der Waals surface area contributed by atoms with Crippen LogP contribution in [0.25, 0.3) is 22.8 Å². The predicted octanol–water partition coefficient (Wildman–Crippen LogP) is 3.84. The monoisotopic (exact) mass is 475 g/mol. The molecule has 4 rings (SSSR count). The molecule has 152 valence electrons. The first-order valence-corrected chi connectivity index (χ1v) is 9.92. The Kier molecular flexibility index (Phi) is 5.73. The Morgan fingerprint density at radius 3 is 2.58 bits per heavy atom. The molecule has 0 saturated carbocycles. The summed E-state index contributed by atoms with van der Waals surface area (Å²) in [5.41, 5.74) is 1.54. The van der Waals surface area contributed by atoms with E-state index in [1.165, 1.54) is 10.8 Å². The van der Waals surface area contributed by atoms with Gasteiger partial charge in [0.15, 0.2) is 0 Å². The largest absolute Gasteiger partial charge is 0.333 e. The summed E-state index contributed by atoms with van der Waals surface area (Å²) in [4.78, 5) is 29.5. The van der Waals surface area contributed by atoms with Gasteiger partial charge in [-0.3, -0.25) is 9.59 Å². The van der Waals surface area contributed by atoms with Crippen molar-refractivity contribution in [3.05, 3.63) is 87.3 Å². The van der Waals surface area contributed by atoms with Crippen LogP contribution in [-0.4, -0.2) is 20.6 Å². The van der Waals surface area contributed by atoms with E-state index in [0.717, 1.165) is 10.0 Å². The number of aromatic nitrogens is 3. The molecular weight excluding hydrogens is 462 g/mol. The number of halogens is 1. The molecule has 2 aromatic heterocycles. The SMILES string of the molecule is N#Cc1ccc(NC(=O)Cn2cccc(-c3nc(-c4ccc(Br)cc4)no3)c2=O)cc1. The third-order valence-corrected chi connectivity index (χ3v) is 4.92. The van der Waals surface area contributed by atoms with Gasteiger partial charge in [-0.2, -0.15) is 10.2 Å². The zero-order valence-electron chi connectivity index (χ0n) is 15.9. The summed E-state index contributed by atoms with van der Waals surface area (Å²) in [7, 11) is 0. The third kappa shape index (κ3) is 4.60. The Morgan fingerprint density at radius 2 is 1.87 bits per heavy atom. The number of nitrogens with one attached hydrogen (secondary N) is 1. The fraction of sp³-hybridized carbons (Fsp3) is 0.0455. The normalized spacial score (nSPS) is 10.5. The van der Waals surface area contributed by atoms with Crippen molar-refractivity contribution in [3.63, 3.8) is 0 Å². The lowest BCUT2D eigenvalue weighted by molar-refractivity contribution is -0.116. The fourth-order valence-corrected chi connectivity index (χ4v) is 3.12. The summed E-state index contributed by atoms with van der Waals surface area (Å²) in [6.45, 7) is -0.194. The molecule has 0 aliphatic carbocycles. The third-order valence-electron chi connectivity index (χ3n) is 4.39. The highest BCUT2D eigenvalue weighted by atomic mass is 79.9. The van der Waals surface area contributed by atoms with Gasteiger partial charge in [0.1, 0.15) is 12.1 Å². The van der Waals surface area contributed by atoms with Crippen LogP contribution < -0.4 is 10.9 Å². The number of hydrogen-bond acceptors (Lipinski definition) is 6. The van der Waals surface area contributed by atoms with Crippen molar-refractivity contribution in [2.45, 2.75) is 6.54 Å². The molecule has 4 aromatic rings. The Labute approximate surface area is 184 Å². The lowest BCUT2D eigenvalue weighted by atomic mass is 10.2. The van der Waals surface area contributed by atoms with Gasteiger partial charge in [0.25, 0.3) is 11.4 Å². The number of hydrogen-bond donors (Lipinski definition) is 1. The number of benzene rings is 2. The number of nitrogens with zero attached hydrogens (tertiary/aromatic N) is 4. The van der Waals surface area contributed by atoms with E-state index in [1.807, 2.05) is 30.3 Å². The van der Waals surface area contributed by atoms with Gasteiger partial charge >= 0.3 is 0 Å². The average Bonchev–Trinajstić information content (AvgIpc) is 3.26. The minimum absolute atomic E-state index is 0.0739. The van der Waals surface area contributed by atoms with Gasteiger partial charge in [0, 0.05) is 21.9 Å². The molecule has 0 aliphatic rings. The standard InChI is InChI=1S/C22H14BrN5O3/c23-16-7-5-15(6-8-16)20-26-21(31-27-20)18-2-1-11-28(22(18)30)13-19(29)25-17-9-3-14(12-24)4-10-17/h1-11H,13H2,(H,25,29). The molecule has 2 aromatic carbocycles. The minimum Gasteiger partial charge on any atom is -0.333 e. The quantitative estimate of drug-likeness (QED) is 0.468. The number of pyridine rings is 1. The van der Waals surface area contributed by atoms with Crippen molar-refractivity contribution >= 4 is 27.5 Å². The van der Waals surface area contributed by atoms with Gasteiger partial charge in [-0.25, -0.2) is 0 Å². The average molecular weight is 476 g/mol. The number of amides is 1. The van der Waals surface area contributed by atoms with Gasteiger partial charge in [0.2, 0.25) is 11.7 Å². The second-order valence-electron chi connectivity index (χ2n) is 6.52. The van der Waals surface area contributed by atoms with E-state index in [2.05, 4.69) is 31.4 Å². The van der Waals surface area contributed by atoms with Crippen LogP contribution in [-0.2, 0) is 11.3 Å². The number of rotatable bonds is 5. The molecule has 0 atom stereocenters. The molecule has 0 radical (unpaired) electrons. The van der Waals surface area contributed by atoms with E-state index in [1.54, 1.807) is 36.4 Å². The number of nitriles is 1. The fourth-order valence-electron chi connectivity index (χ4n) is 2.86. The molecule has 1 N–H and O–H groups in total. The maximum absolute atomic E-state index is 12.8. The van der Waals surface area contributed by atoms with E-state index in [-0.39, 0.29) is 23.9 Å². The van der Waals surface area contributed by atoms with E-state index in [4.69, 9.17) is 9.78 Å². The zero-order chi connectivity index (χ0) is 21.8. The van der Waals surface area contributed by atoms with Crippen molar-refractivity contribution in [1.82, 2.24) is 14.7 Å². The summed E-state index contributed by atoms with van der Waals surface area (Å²) in [6.07, 6.45) is 1.51. The first kappa shape index (κ1) is 20.3. The first-order chi connectivity index (χ1) is 15.0. The van der Waals surface area contributed by atoms with Crippen LogP contribution in [0, 0.1) is 11.3 Å². The van der Waals surface area contributed by atoms with Crippen molar-refractivity contribution in [2.24, 2.45) is 0 Å². The summed E-state index contributed by atoms with van der Waals surface area (Å²) in [5.74, 6) is 0.0469. The van der Waals surface area contributed by atoms with Gasteiger partial charge in [-0.1, -0.05) is 21.1 Å². The van der Waals surface area contributed by atoms with E-state index in [0.29, 0.717) is 17.1 Å². The zero-order valence-corrected chi connectivity index (χ0v) is 17.5. The first-order valence-electron chi connectivity index (χ1n) is 9.13. The minimum atomic E-state index is -0.427. The smallest absolute Gasteiger partial charge is 0.263 e. The van der Waals surface area contributed by atoms with Crippen LogP contribution in [0.5, 0.6) is 0 Å². The van der Waals surface area contributed by atoms with Crippen LogP contribution >= 0.6 is 15.9 Å². The molecule has 0 fully saturated rings. The van der Waals surface area contributed by atoms with Crippen molar-refractivity contribution in [3.8, 4) is 28.9 Å². The number of carbonyl (C=O) groups is 1. The molecule has 0 unspecified atom stereocenters. The van der Waals surface area contributed by atoms with Gasteiger partial charge in [-0.05, 0) is 60.7 Å². The van der Waals surface area contributed by atoms with E-state index >= 15 is 0 Å². The second kappa shape index (κ2) is 8.77. The highest BCUT2D eigenvalue weighted by Gasteiger charge is 2.16. The summed E-state index contributed by atoms with van der Waals surface area (Å²) >= 11 is 3.37. The Bertz CT molecular complexity index is 1340. The van der Waals surface area contributed by atoms with Crippen LogP contribution in [0.2, 0.25) is 0 Å². The highest BCUT2D eigenvalue weighted by Crippen LogP contribution is 2.22. The molecule has 9 heteroatoms. The Balaban J connectivity index is 1.53. The van der Waals surface area contributed by atoms with Crippen LogP contribution in [0.3, 0.4) is 0 Å². The molecule has 0 spiro atoms. The lowest BCUT2D eigenvalue weighted by Gasteiger charge is -2.08. The van der Waals surface area contributed by atoms with Crippen molar-refractivity contribution in [2.75, 3.05) is 5.32 Å². The van der Waals surface area contributed by atoms with Crippen LogP contribution in [0.4, 0.5) is 5.69 Å². The molecule has 0 bridgehead atoms. The molecule has 1 amide bonds. The second-order valence-corrected chi connectivity index (χ2v) is 7.44. The Hall–Kier alpha value is -4.03. The molecule has 31 heavy (non-hydrogen) atoms. The summed E-state index contributed by atoms with van der Waals surface area (Å²) < 4.78 is 7.46. The van der Waals surface area contributed by atoms with Crippen molar-refractivity contribution < 1.29 is 9.32 Å². The van der Waals surface area contributed by atoms with Crippen LogP contribution in [0.15, 0.2) is 80.7 Å². The topological polar surface area (TPSA) is 114 Å². The maximum atomic E-state index is 12.8. The molecule has 0 saturated heterocycles. The lowest BCUT2D eigenvalue weighted by Crippen LogP contribution is -2.28. The summed E-state index contributed by atoms with van der Waals surface area (Å²) in [6, 6.07) is 19.0.